The Kier molecular flexibility index (Phi) is 2.99. The molecule has 3 nitrogen and oxygen atoms in total. The van der Waals surface area contributed by atoms with Crippen LogP contribution in [-0.2, 0) is 0 Å². The van der Waals surface area contributed by atoms with Crippen LogP contribution in [0.25, 0.3) is 10.8 Å². The third-order valence-electron chi connectivity index (χ3n) is 2.80. The van der Waals surface area contributed by atoms with Gasteiger partial charge in [0.1, 0.15) is 0 Å². The van der Waals surface area contributed by atoms with Crippen LogP contribution in [0.2, 0.25) is 5.02 Å². The van der Waals surface area contributed by atoms with Crippen LogP contribution in [-0.4, -0.2) is 12.0 Å². The van der Waals surface area contributed by atoms with E-state index in [9.17, 15) is 4.79 Å². The Morgan fingerprint density at radius 3 is 2.81 bits per heavy atom. The van der Waals surface area contributed by atoms with Crippen molar-refractivity contribution < 1.29 is 0 Å². The number of fused-ring (bicyclic) bond motifs is 1. The molecule has 1 unspecified atom stereocenters. The van der Waals surface area contributed by atoms with Gasteiger partial charge in [0.25, 0.3) is 5.56 Å². The Labute approximate surface area is 98.4 Å². The van der Waals surface area contributed by atoms with Gasteiger partial charge in [0, 0.05) is 22.6 Å². The SMILES string of the molecule is CNC(C)c1c[nH]c(=O)c2cc(Cl)ccc12. The monoisotopic (exact) mass is 236 g/mol. The summed E-state index contributed by atoms with van der Waals surface area (Å²) in [4.78, 5) is 14.4. The Morgan fingerprint density at radius 1 is 1.38 bits per heavy atom. The summed E-state index contributed by atoms with van der Waals surface area (Å²) in [7, 11) is 1.89. The molecule has 0 amide bonds. The molecule has 0 saturated heterocycles. The fourth-order valence-electron chi connectivity index (χ4n) is 1.77. The van der Waals surface area contributed by atoms with E-state index < -0.39 is 0 Å². The quantitative estimate of drug-likeness (QED) is 0.842. The summed E-state index contributed by atoms with van der Waals surface area (Å²) in [5.41, 5.74) is 0.957. The first-order valence-corrected chi connectivity index (χ1v) is 5.49. The molecule has 0 spiro atoms. The number of aromatic nitrogens is 1. The zero-order chi connectivity index (χ0) is 11.7. The smallest absolute Gasteiger partial charge is 0.255 e. The van der Waals surface area contributed by atoms with Crippen molar-refractivity contribution >= 4 is 22.4 Å². The first-order chi connectivity index (χ1) is 7.63. The molecule has 0 fully saturated rings. The van der Waals surface area contributed by atoms with Crippen LogP contribution in [0.15, 0.2) is 29.2 Å². The fourth-order valence-corrected chi connectivity index (χ4v) is 1.94. The summed E-state index contributed by atoms with van der Waals surface area (Å²) >= 11 is 5.89. The molecule has 0 aliphatic heterocycles. The van der Waals surface area contributed by atoms with E-state index in [1.807, 2.05) is 20.0 Å². The van der Waals surface area contributed by atoms with Crippen molar-refractivity contribution in [2.45, 2.75) is 13.0 Å². The Balaban J connectivity index is 2.79. The molecule has 2 rings (SSSR count). The van der Waals surface area contributed by atoms with Crippen LogP contribution < -0.4 is 10.9 Å². The summed E-state index contributed by atoms with van der Waals surface area (Å²) in [5, 5.41) is 5.30. The lowest BCUT2D eigenvalue weighted by atomic mass is 10.0. The van der Waals surface area contributed by atoms with Crippen molar-refractivity contribution in [3.05, 3.63) is 45.3 Å². The normalized spacial score (nSPS) is 12.9. The molecular formula is C12H13ClN2O. The minimum Gasteiger partial charge on any atom is -0.328 e. The number of rotatable bonds is 2. The molecule has 84 valence electrons. The molecule has 0 bridgehead atoms. The third kappa shape index (κ3) is 1.84. The number of benzene rings is 1. The molecule has 0 aliphatic carbocycles. The number of pyridine rings is 1. The van der Waals surface area contributed by atoms with E-state index in [4.69, 9.17) is 11.6 Å². The van der Waals surface area contributed by atoms with Crippen molar-refractivity contribution in [3.8, 4) is 0 Å². The second-order valence-corrected chi connectivity index (χ2v) is 4.21. The van der Waals surface area contributed by atoms with Crippen molar-refractivity contribution in [2.75, 3.05) is 7.05 Å². The highest BCUT2D eigenvalue weighted by Gasteiger charge is 2.09. The second kappa shape index (κ2) is 4.28. The van der Waals surface area contributed by atoms with Crippen LogP contribution >= 0.6 is 11.6 Å². The summed E-state index contributed by atoms with van der Waals surface area (Å²) in [6, 6.07) is 5.56. The van der Waals surface area contributed by atoms with Gasteiger partial charge in [0.05, 0.1) is 0 Å². The Hall–Kier alpha value is -1.32. The highest BCUT2D eigenvalue weighted by molar-refractivity contribution is 6.31. The zero-order valence-corrected chi connectivity index (χ0v) is 9.93. The largest absolute Gasteiger partial charge is 0.328 e. The minimum absolute atomic E-state index is 0.107. The first kappa shape index (κ1) is 11.2. The molecule has 2 N–H and O–H groups in total. The summed E-state index contributed by atoms with van der Waals surface area (Å²) < 4.78 is 0. The highest BCUT2D eigenvalue weighted by Crippen LogP contribution is 2.23. The number of hydrogen-bond acceptors (Lipinski definition) is 2. The number of aromatic amines is 1. The summed E-state index contributed by atoms with van der Waals surface area (Å²) in [6.07, 6.45) is 1.75. The van der Waals surface area contributed by atoms with E-state index in [1.165, 1.54) is 0 Å². The maximum atomic E-state index is 11.7. The van der Waals surface area contributed by atoms with E-state index in [-0.39, 0.29) is 11.6 Å². The Bertz CT molecular complexity index is 577. The van der Waals surface area contributed by atoms with Gasteiger partial charge in [-0.1, -0.05) is 17.7 Å². The highest BCUT2D eigenvalue weighted by atomic mass is 35.5. The van der Waals surface area contributed by atoms with Gasteiger partial charge in [-0.2, -0.15) is 0 Å². The molecule has 0 saturated carbocycles. The molecule has 1 aromatic carbocycles. The minimum atomic E-state index is -0.107. The third-order valence-corrected chi connectivity index (χ3v) is 3.03. The van der Waals surface area contributed by atoms with Crippen LogP contribution in [0.4, 0.5) is 0 Å². The van der Waals surface area contributed by atoms with E-state index in [2.05, 4.69) is 10.3 Å². The lowest BCUT2D eigenvalue weighted by Gasteiger charge is -2.13. The van der Waals surface area contributed by atoms with Crippen molar-refractivity contribution in [1.29, 1.82) is 0 Å². The van der Waals surface area contributed by atoms with Crippen molar-refractivity contribution in [3.63, 3.8) is 0 Å². The number of hydrogen-bond donors (Lipinski definition) is 2. The second-order valence-electron chi connectivity index (χ2n) is 3.77. The predicted molar refractivity (Wildman–Crippen MR) is 67.1 cm³/mol. The molecule has 1 atom stereocenters. The average molecular weight is 237 g/mol. The molecule has 0 radical (unpaired) electrons. The lowest BCUT2D eigenvalue weighted by molar-refractivity contribution is 0.654. The van der Waals surface area contributed by atoms with Gasteiger partial charge >= 0.3 is 0 Å². The molecule has 1 heterocycles. The van der Waals surface area contributed by atoms with Gasteiger partial charge in [-0.25, -0.2) is 0 Å². The summed E-state index contributed by atoms with van der Waals surface area (Å²) in [5.74, 6) is 0. The van der Waals surface area contributed by atoms with Gasteiger partial charge in [0.2, 0.25) is 0 Å². The average Bonchev–Trinajstić information content (AvgIpc) is 2.29. The van der Waals surface area contributed by atoms with E-state index in [0.29, 0.717) is 10.4 Å². The predicted octanol–water partition coefficient (Wildman–Crippen LogP) is 2.46. The van der Waals surface area contributed by atoms with Gasteiger partial charge in [0.15, 0.2) is 0 Å². The number of halogens is 1. The van der Waals surface area contributed by atoms with Crippen LogP contribution in [0, 0.1) is 0 Å². The van der Waals surface area contributed by atoms with Gasteiger partial charge in [-0.15, -0.1) is 0 Å². The van der Waals surface area contributed by atoms with E-state index in [1.54, 1.807) is 18.3 Å². The molecule has 1 aromatic heterocycles. The number of H-pyrrole nitrogens is 1. The molecule has 4 heteroatoms. The van der Waals surface area contributed by atoms with Crippen molar-refractivity contribution in [2.24, 2.45) is 0 Å². The van der Waals surface area contributed by atoms with Crippen molar-refractivity contribution in [1.82, 2.24) is 10.3 Å². The van der Waals surface area contributed by atoms with E-state index in [0.717, 1.165) is 10.9 Å². The first-order valence-electron chi connectivity index (χ1n) is 5.11. The van der Waals surface area contributed by atoms with Crippen LogP contribution in [0.5, 0.6) is 0 Å². The maximum Gasteiger partial charge on any atom is 0.255 e. The molecule has 0 aliphatic rings. The topological polar surface area (TPSA) is 44.9 Å². The zero-order valence-electron chi connectivity index (χ0n) is 9.17. The van der Waals surface area contributed by atoms with Gasteiger partial charge < -0.3 is 10.3 Å². The molecule has 2 aromatic rings. The molecular weight excluding hydrogens is 224 g/mol. The lowest BCUT2D eigenvalue weighted by Crippen LogP contribution is -2.16. The van der Waals surface area contributed by atoms with Gasteiger partial charge in [-0.3, -0.25) is 4.79 Å². The molecule has 16 heavy (non-hydrogen) atoms. The Morgan fingerprint density at radius 2 is 2.12 bits per heavy atom. The fraction of sp³-hybridized carbons (Fsp3) is 0.250. The van der Waals surface area contributed by atoms with E-state index >= 15 is 0 Å². The van der Waals surface area contributed by atoms with Crippen LogP contribution in [0.3, 0.4) is 0 Å². The standard InChI is InChI=1S/C12H13ClN2O/c1-7(14-2)11-6-15-12(16)10-5-8(13)3-4-9(10)11/h3-7,14H,1-2H3,(H,15,16). The van der Waals surface area contributed by atoms with Crippen LogP contribution in [0.1, 0.15) is 18.5 Å². The summed E-state index contributed by atoms with van der Waals surface area (Å²) in [6.45, 7) is 2.04. The number of nitrogens with one attached hydrogen (secondary N) is 2. The van der Waals surface area contributed by atoms with Gasteiger partial charge in [-0.05, 0) is 37.1 Å². The maximum absolute atomic E-state index is 11.7.